The Kier molecular flexibility index (Phi) is 8.51. The number of carbonyl (C=O) groups excluding carboxylic acids is 1. The first-order valence-corrected chi connectivity index (χ1v) is 13.0. The van der Waals surface area contributed by atoms with Gasteiger partial charge in [0.25, 0.3) is 0 Å². The van der Waals surface area contributed by atoms with E-state index in [0.29, 0.717) is 12.3 Å². The molecule has 1 heterocycles. The van der Waals surface area contributed by atoms with E-state index in [9.17, 15) is 13.2 Å². The predicted molar refractivity (Wildman–Crippen MR) is 130 cm³/mol. The maximum atomic E-state index is 13.0. The average molecular weight is 474 g/mol. The molecule has 2 N–H and O–H groups in total. The summed E-state index contributed by atoms with van der Waals surface area (Å²) in [7, 11) is -2.33. The van der Waals surface area contributed by atoms with Crippen LogP contribution in [0.25, 0.3) is 0 Å². The van der Waals surface area contributed by atoms with Crippen molar-refractivity contribution in [2.24, 2.45) is 5.92 Å². The molecule has 0 saturated heterocycles. The molecule has 0 radical (unpaired) electrons. The monoisotopic (exact) mass is 473 g/mol. The lowest BCUT2D eigenvalue weighted by molar-refractivity contribution is -0.123. The van der Waals surface area contributed by atoms with Crippen molar-refractivity contribution in [2.75, 3.05) is 20.2 Å². The summed E-state index contributed by atoms with van der Waals surface area (Å²) in [5.74, 6) is 0.0518. The molecule has 0 bridgehead atoms. The fourth-order valence-corrected chi connectivity index (χ4v) is 5.52. The summed E-state index contributed by atoms with van der Waals surface area (Å²) < 4.78 is 33.4. The molecule has 1 amide bonds. The van der Waals surface area contributed by atoms with Gasteiger partial charge in [0, 0.05) is 25.7 Å². The van der Waals surface area contributed by atoms with Gasteiger partial charge in [0.15, 0.2) is 0 Å². The molecule has 180 valence electrons. The normalized spacial score (nSPS) is 16.2. The quantitative estimate of drug-likeness (QED) is 0.554. The first-order chi connectivity index (χ1) is 15.7. The van der Waals surface area contributed by atoms with Crippen LogP contribution in [-0.2, 0) is 27.8 Å². The molecule has 0 aliphatic carbocycles. The van der Waals surface area contributed by atoms with Crippen molar-refractivity contribution in [3.05, 3.63) is 59.7 Å². The summed E-state index contributed by atoms with van der Waals surface area (Å²) in [6.07, 6.45) is 1.89. The number of rotatable bonds is 10. The molecule has 2 aromatic rings. The lowest BCUT2D eigenvalue weighted by Gasteiger charge is -2.35. The number of nitrogens with zero attached hydrogens (tertiary/aromatic N) is 1. The fraction of sp³-hybridized carbons (Fsp3) is 0.480. The lowest BCUT2D eigenvalue weighted by Crippen LogP contribution is -2.53. The predicted octanol–water partition coefficient (Wildman–Crippen LogP) is 2.95. The van der Waals surface area contributed by atoms with E-state index in [-0.39, 0.29) is 22.8 Å². The minimum Gasteiger partial charge on any atom is -0.497 e. The molecule has 1 aliphatic heterocycles. The third kappa shape index (κ3) is 6.34. The third-order valence-electron chi connectivity index (χ3n) is 6.26. The van der Waals surface area contributed by atoms with Crippen LogP contribution in [0.2, 0.25) is 0 Å². The maximum Gasteiger partial charge on any atom is 0.241 e. The number of amides is 1. The van der Waals surface area contributed by atoms with E-state index in [0.717, 1.165) is 25.9 Å². The Balaban J connectivity index is 1.63. The van der Waals surface area contributed by atoms with Crippen LogP contribution in [0, 0.1) is 5.92 Å². The Hall–Kier alpha value is -2.42. The van der Waals surface area contributed by atoms with Gasteiger partial charge in [0.2, 0.25) is 15.9 Å². The lowest BCUT2D eigenvalue weighted by atomic mass is 9.98. The number of fused-ring (bicyclic) bond motifs is 1. The second kappa shape index (κ2) is 11.1. The summed E-state index contributed by atoms with van der Waals surface area (Å²) >= 11 is 0. The summed E-state index contributed by atoms with van der Waals surface area (Å²) in [5, 5.41) is 3.00. The molecule has 33 heavy (non-hydrogen) atoms. The summed E-state index contributed by atoms with van der Waals surface area (Å²) in [4.78, 5) is 15.5. The van der Waals surface area contributed by atoms with Gasteiger partial charge in [-0.15, -0.1) is 0 Å². The number of hydrogen-bond donors (Lipinski definition) is 2. The number of hydrogen-bond acceptors (Lipinski definition) is 5. The van der Waals surface area contributed by atoms with Crippen LogP contribution >= 0.6 is 0 Å². The summed E-state index contributed by atoms with van der Waals surface area (Å²) in [6.45, 7) is 8.07. The van der Waals surface area contributed by atoms with Gasteiger partial charge in [-0.3, -0.25) is 9.69 Å². The van der Waals surface area contributed by atoms with Gasteiger partial charge >= 0.3 is 0 Å². The Labute approximate surface area is 197 Å². The number of methoxy groups -OCH3 is 1. The zero-order valence-electron chi connectivity index (χ0n) is 19.9. The number of sulfonamides is 1. The van der Waals surface area contributed by atoms with Crippen LogP contribution in [0.15, 0.2) is 53.4 Å². The van der Waals surface area contributed by atoms with Crippen molar-refractivity contribution in [1.82, 2.24) is 14.9 Å². The zero-order chi connectivity index (χ0) is 24.0. The van der Waals surface area contributed by atoms with E-state index in [1.165, 1.54) is 30.4 Å². The van der Waals surface area contributed by atoms with Crippen molar-refractivity contribution in [3.8, 4) is 5.75 Å². The molecular formula is C25H35N3O4S. The second-order valence-electron chi connectivity index (χ2n) is 8.81. The van der Waals surface area contributed by atoms with Crippen LogP contribution in [0.3, 0.4) is 0 Å². The minimum absolute atomic E-state index is 0.0974. The van der Waals surface area contributed by atoms with Crippen molar-refractivity contribution in [1.29, 1.82) is 0 Å². The van der Waals surface area contributed by atoms with Crippen LogP contribution < -0.4 is 14.8 Å². The molecule has 0 fully saturated rings. The van der Waals surface area contributed by atoms with Gasteiger partial charge in [-0.05, 0) is 54.2 Å². The second-order valence-corrected chi connectivity index (χ2v) is 10.5. The molecule has 2 aromatic carbocycles. The van der Waals surface area contributed by atoms with Crippen molar-refractivity contribution in [3.63, 3.8) is 0 Å². The molecule has 3 rings (SSSR count). The maximum absolute atomic E-state index is 13.0. The first-order valence-electron chi connectivity index (χ1n) is 11.5. The van der Waals surface area contributed by atoms with Crippen LogP contribution in [0.5, 0.6) is 5.75 Å². The van der Waals surface area contributed by atoms with E-state index in [1.807, 2.05) is 13.8 Å². The van der Waals surface area contributed by atoms with Gasteiger partial charge < -0.3 is 10.1 Å². The minimum atomic E-state index is -3.85. The molecule has 2 atom stereocenters. The third-order valence-corrected chi connectivity index (χ3v) is 7.72. The molecule has 7 nitrogen and oxygen atoms in total. The fourth-order valence-electron chi connectivity index (χ4n) is 4.17. The largest absolute Gasteiger partial charge is 0.497 e. The van der Waals surface area contributed by atoms with E-state index >= 15 is 0 Å². The zero-order valence-corrected chi connectivity index (χ0v) is 20.7. The number of benzene rings is 2. The highest BCUT2D eigenvalue weighted by molar-refractivity contribution is 7.89. The molecule has 8 heteroatoms. The topological polar surface area (TPSA) is 87.7 Å². The number of carbonyl (C=O) groups is 1. The smallest absolute Gasteiger partial charge is 0.241 e. The number of ether oxygens (including phenoxy) is 1. The Morgan fingerprint density at radius 3 is 2.36 bits per heavy atom. The van der Waals surface area contributed by atoms with E-state index in [2.05, 4.69) is 46.1 Å². The van der Waals surface area contributed by atoms with Crippen LogP contribution in [0.1, 0.15) is 38.3 Å². The van der Waals surface area contributed by atoms with Gasteiger partial charge in [-0.25, -0.2) is 8.42 Å². The van der Waals surface area contributed by atoms with E-state index in [4.69, 9.17) is 4.74 Å². The Morgan fingerprint density at radius 2 is 1.76 bits per heavy atom. The van der Waals surface area contributed by atoms with Crippen molar-refractivity contribution < 1.29 is 17.9 Å². The summed E-state index contributed by atoms with van der Waals surface area (Å²) in [6, 6.07) is 13.9. The molecule has 0 spiro atoms. The van der Waals surface area contributed by atoms with Gasteiger partial charge in [-0.1, -0.05) is 45.0 Å². The highest BCUT2D eigenvalue weighted by atomic mass is 32.2. The van der Waals surface area contributed by atoms with Crippen molar-refractivity contribution >= 4 is 15.9 Å². The molecular weight excluding hydrogens is 438 g/mol. The molecule has 0 aromatic heterocycles. The van der Waals surface area contributed by atoms with E-state index in [1.54, 1.807) is 12.1 Å². The van der Waals surface area contributed by atoms with Gasteiger partial charge in [0.05, 0.1) is 12.0 Å². The highest BCUT2D eigenvalue weighted by Gasteiger charge is 2.29. The van der Waals surface area contributed by atoms with Crippen LogP contribution in [0.4, 0.5) is 0 Å². The van der Waals surface area contributed by atoms with Crippen LogP contribution in [-0.4, -0.2) is 51.5 Å². The Morgan fingerprint density at radius 1 is 1.09 bits per heavy atom. The molecule has 0 saturated carbocycles. The number of nitrogens with one attached hydrogen (secondary N) is 2. The van der Waals surface area contributed by atoms with E-state index < -0.39 is 16.1 Å². The van der Waals surface area contributed by atoms with Gasteiger partial charge in [0.1, 0.15) is 11.8 Å². The average Bonchev–Trinajstić information content (AvgIpc) is 2.82. The standard InChI is InChI=1S/C25H35N3O4S/c1-5-21(28-15-14-19-8-6-7-9-20(19)17-28)16-26-25(29)24(18(2)3)27-33(30,31)23-12-10-22(32-4)11-13-23/h6-13,18,21,24,27H,5,14-17H2,1-4H3,(H,26,29)/t21?,24-/m0/s1. The Bertz CT molecular complexity index is 1040. The van der Waals surface area contributed by atoms with Gasteiger partial charge in [-0.2, -0.15) is 4.72 Å². The highest BCUT2D eigenvalue weighted by Crippen LogP contribution is 2.21. The summed E-state index contributed by atoms with van der Waals surface area (Å²) in [5.41, 5.74) is 2.72. The SMILES string of the molecule is CCC(CNC(=O)[C@@H](NS(=O)(=O)c1ccc(OC)cc1)C(C)C)N1CCc2ccccc2C1. The molecule has 1 aliphatic rings. The van der Waals surface area contributed by atoms with Crippen molar-refractivity contribution in [2.45, 2.75) is 57.1 Å². The first kappa shape index (κ1) is 25.2. The molecule has 1 unspecified atom stereocenters.